The van der Waals surface area contributed by atoms with Crippen LogP contribution >= 0.6 is 0 Å². The maximum Gasteiger partial charge on any atom is 0.309 e. The lowest BCUT2D eigenvalue weighted by Gasteiger charge is -2.24. The van der Waals surface area contributed by atoms with Crippen LogP contribution in [0.1, 0.15) is 50.2 Å². The average Bonchev–Trinajstić information content (AvgIpc) is 2.99. The normalized spacial score (nSPS) is 13.7. The van der Waals surface area contributed by atoms with Crippen LogP contribution in [0.25, 0.3) is 0 Å². The monoisotopic (exact) mass is 578 g/mol. The van der Waals surface area contributed by atoms with Crippen molar-refractivity contribution in [1.82, 2.24) is 10.6 Å². The van der Waals surface area contributed by atoms with Crippen LogP contribution in [0.4, 0.5) is 0 Å². The van der Waals surface area contributed by atoms with E-state index in [-0.39, 0.29) is 56.4 Å². The van der Waals surface area contributed by atoms with E-state index in [1.165, 1.54) is 0 Å². The number of ether oxygens (including phenoxy) is 2. The first-order chi connectivity index (χ1) is 20.4. The Morgan fingerprint density at radius 2 is 1.57 bits per heavy atom. The Kier molecular flexibility index (Phi) is 16.6. The summed E-state index contributed by atoms with van der Waals surface area (Å²) in [6, 6.07) is 18.4. The van der Waals surface area contributed by atoms with Gasteiger partial charge < -0.3 is 25.2 Å². The molecule has 0 aliphatic rings. The van der Waals surface area contributed by atoms with Crippen LogP contribution in [0.15, 0.2) is 86.0 Å². The molecule has 42 heavy (non-hydrogen) atoms. The molecule has 0 radical (unpaired) electrons. The minimum Gasteiger partial charge on any atom is -0.463 e. The first-order valence-electron chi connectivity index (χ1n) is 14.6. The van der Waals surface area contributed by atoms with Gasteiger partial charge in [0.15, 0.2) is 0 Å². The van der Waals surface area contributed by atoms with Gasteiger partial charge in [0.2, 0.25) is 11.8 Å². The Balaban J connectivity index is 2.09. The molecule has 0 bridgehead atoms. The van der Waals surface area contributed by atoms with E-state index < -0.39 is 18.0 Å². The standard InChI is InChI=1S/C34H46N2O6/c1-4-6-9-19-30(20-27-15-10-7-11-16-27)34(40)42-25-31(24-41-23-28-17-12-8-13-18-28)36-33(39)29(14-5-2)21-32(38)35-26(3)22-37/h4-5,7-8,10-13,15-18,26,29-31,37H,1-2,6,9,14,19-25H2,3H3,(H,35,38)(H,36,39)/t26-,29-,30+,31-/m0/s1. The zero-order valence-electron chi connectivity index (χ0n) is 24.7. The van der Waals surface area contributed by atoms with Crippen molar-refractivity contribution >= 4 is 17.8 Å². The van der Waals surface area contributed by atoms with Gasteiger partial charge in [-0.15, -0.1) is 13.2 Å². The molecule has 8 nitrogen and oxygen atoms in total. The molecule has 0 fully saturated rings. The van der Waals surface area contributed by atoms with Crippen molar-refractivity contribution in [3.8, 4) is 0 Å². The van der Waals surface area contributed by atoms with Crippen LogP contribution < -0.4 is 10.6 Å². The van der Waals surface area contributed by atoms with Crippen LogP contribution in [-0.4, -0.2) is 54.8 Å². The number of hydrogen-bond donors (Lipinski definition) is 3. The third-order valence-corrected chi connectivity index (χ3v) is 6.76. The van der Waals surface area contributed by atoms with E-state index in [2.05, 4.69) is 23.8 Å². The summed E-state index contributed by atoms with van der Waals surface area (Å²) >= 11 is 0. The second-order valence-electron chi connectivity index (χ2n) is 10.5. The second-order valence-corrected chi connectivity index (χ2v) is 10.5. The molecule has 0 unspecified atom stereocenters. The van der Waals surface area contributed by atoms with Gasteiger partial charge >= 0.3 is 5.97 Å². The SMILES string of the molecule is C=CCCC[C@H](Cc1ccccc1)C(=O)OC[C@H](COCc1ccccc1)NC(=O)[C@@H](CC=C)CC(=O)N[C@@H](C)CO. The Morgan fingerprint density at radius 1 is 0.905 bits per heavy atom. The molecular formula is C34H46N2O6. The van der Waals surface area contributed by atoms with Crippen molar-refractivity contribution in [1.29, 1.82) is 0 Å². The van der Waals surface area contributed by atoms with E-state index in [1.807, 2.05) is 66.7 Å². The fourth-order valence-electron chi connectivity index (χ4n) is 4.44. The number of rotatable bonds is 21. The third kappa shape index (κ3) is 13.7. The molecule has 0 saturated heterocycles. The minimum atomic E-state index is -0.676. The highest BCUT2D eigenvalue weighted by Gasteiger charge is 2.26. The Labute approximate surface area is 250 Å². The van der Waals surface area contributed by atoms with Gasteiger partial charge in [-0.25, -0.2) is 0 Å². The van der Waals surface area contributed by atoms with Crippen molar-refractivity contribution in [2.45, 2.75) is 64.1 Å². The second kappa shape index (κ2) is 20.2. The lowest BCUT2D eigenvalue weighted by atomic mass is 9.94. The molecule has 8 heteroatoms. The lowest BCUT2D eigenvalue weighted by molar-refractivity contribution is -0.150. The summed E-state index contributed by atoms with van der Waals surface area (Å²) in [4.78, 5) is 38.9. The summed E-state index contributed by atoms with van der Waals surface area (Å²) < 4.78 is 11.7. The topological polar surface area (TPSA) is 114 Å². The van der Waals surface area contributed by atoms with Gasteiger partial charge in [0, 0.05) is 12.5 Å². The van der Waals surface area contributed by atoms with Crippen molar-refractivity contribution in [2.75, 3.05) is 19.8 Å². The number of hydrogen-bond acceptors (Lipinski definition) is 6. The summed E-state index contributed by atoms with van der Waals surface area (Å²) in [5.74, 6) is -2.04. The average molecular weight is 579 g/mol. The molecule has 0 aliphatic carbocycles. The quantitative estimate of drug-likeness (QED) is 0.114. The smallest absolute Gasteiger partial charge is 0.309 e. The Hall–Kier alpha value is -3.75. The number of aliphatic hydroxyl groups excluding tert-OH is 1. The zero-order valence-corrected chi connectivity index (χ0v) is 24.7. The Bertz CT molecular complexity index is 1090. The number of benzene rings is 2. The van der Waals surface area contributed by atoms with Crippen LogP contribution in [-0.2, 0) is 36.9 Å². The molecule has 0 aromatic heterocycles. The van der Waals surface area contributed by atoms with Crippen molar-refractivity contribution in [3.05, 3.63) is 97.1 Å². The van der Waals surface area contributed by atoms with E-state index in [9.17, 15) is 19.5 Å². The number of amides is 2. The molecule has 0 saturated carbocycles. The van der Waals surface area contributed by atoms with Gasteiger partial charge in [0.05, 0.1) is 37.7 Å². The highest BCUT2D eigenvalue weighted by Crippen LogP contribution is 2.18. The lowest BCUT2D eigenvalue weighted by Crippen LogP contribution is -2.46. The van der Waals surface area contributed by atoms with Gasteiger partial charge in [-0.1, -0.05) is 72.8 Å². The number of carbonyl (C=O) groups excluding carboxylic acids is 3. The summed E-state index contributed by atoms with van der Waals surface area (Å²) in [6.45, 7) is 9.35. The molecule has 0 aliphatic heterocycles. The van der Waals surface area contributed by atoms with E-state index in [1.54, 1.807) is 13.0 Å². The predicted octanol–water partition coefficient (Wildman–Crippen LogP) is 4.53. The van der Waals surface area contributed by atoms with Crippen LogP contribution in [0, 0.1) is 11.8 Å². The maximum atomic E-state index is 13.3. The van der Waals surface area contributed by atoms with Crippen molar-refractivity contribution in [3.63, 3.8) is 0 Å². The number of carbonyl (C=O) groups is 3. The van der Waals surface area contributed by atoms with Gasteiger partial charge in [-0.05, 0) is 50.2 Å². The number of allylic oxidation sites excluding steroid dienone is 2. The highest BCUT2D eigenvalue weighted by atomic mass is 16.5. The van der Waals surface area contributed by atoms with Gasteiger partial charge in [-0.3, -0.25) is 14.4 Å². The number of aliphatic hydroxyl groups is 1. The van der Waals surface area contributed by atoms with E-state index in [0.29, 0.717) is 19.4 Å². The van der Waals surface area contributed by atoms with Gasteiger partial charge in [0.25, 0.3) is 0 Å². The first-order valence-corrected chi connectivity index (χ1v) is 14.6. The molecule has 2 aromatic carbocycles. The molecule has 0 spiro atoms. The van der Waals surface area contributed by atoms with Crippen molar-refractivity contribution < 1.29 is 29.0 Å². The number of esters is 1. The molecule has 228 valence electrons. The van der Waals surface area contributed by atoms with Gasteiger partial charge in [0.1, 0.15) is 6.61 Å². The maximum absolute atomic E-state index is 13.3. The fourth-order valence-corrected chi connectivity index (χ4v) is 4.44. The zero-order chi connectivity index (χ0) is 30.6. The highest BCUT2D eigenvalue weighted by molar-refractivity contribution is 5.86. The van der Waals surface area contributed by atoms with E-state index >= 15 is 0 Å². The largest absolute Gasteiger partial charge is 0.463 e. The van der Waals surface area contributed by atoms with E-state index in [0.717, 1.165) is 24.0 Å². The first kappa shape index (κ1) is 34.5. The summed E-state index contributed by atoms with van der Waals surface area (Å²) in [5, 5.41) is 14.8. The third-order valence-electron chi connectivity index (χ3n) is 6.76. The summed E-state index contributed by atoms with van der Waals surface area (Å²) in [5.41, 5.74) is 2.03. The molecular weight excluding hydrogens is 532 g/mol. The van der Waals surface area contributed by atoms with Gasteiger partial charge in [-0.2, -0.15) is 0 Å². The summed E-state index contributed by atoms with van der Waals surface area (Å²) in [6.07, 6.45) is 6.48. The fraction of sp³-hybridized carbons (Fsp3) is 0.441. The van der Waals surface area contributed by atoms with E-state index in [4.69, 9.17) is 9.47 Å². The molecule has 2 rings (SSSR count). The predicted molar refractivity (Wildman–Crippen MR) is 164 cm³/mol. The van der Waals surface area contributed by atoms with Crippen LogP contribution in [0.3, 0.4) is 0 Å². The molecule has 2 aromatic rings. The van der Waals surface area contributed by atoms with Crippen LogP contribution in [0.2, 0.25) is 0 Å². The summed E-state index contributed by atoms with van der Waals surface area (Å²) in [7, 11) is 0. The minimum absolute atomic E-state index is 0.0674. The van der Waals surface area contributed by atoms with Crippen molar-refractivity contribution in [2.24, 2.45) is 11.8 Å². The Morgan fingerprint density at radius 3 is 2.19 bits per heavy atom. The van der Waals surface area contributed by atoms with Crippen LogP contribution in [0.5, 0.6) is 0 Å². The molecule has 3 N–H and O–H groups in total. The number of nitrogens with one attached hydrogen (secondary N) is 2. The molecule has 0 heterocycles. The number of unbranched alkanes of at least 4 members (excludes halogenated alkanes) is 1. The molecule has 2 amide bonds. The molecule has 4 atom stereocenters.